The van der Waals surface area contributed by atoms with Gasteiger partial charge < -0.3 is 4.98 Å². The minimum absolute atomic E-state index is 0.540. The van der Waals surface area contributed by atoms with E-state index in [1.165, 1.54) is 29.4 Å². The van der Waals surface area contributed by atoms with Gasteiger partial charge >= 0.3 is 0 Å². The number of carbonyl (C=O) groups is 1. The molecule has 1 saturated heterocycles. The summed E-state index contributed by atoms with van der Waals surface area (Å²) in [5, 5.41) is 1.41. The number of nitrogens with one attached hydrogen (secondary N) is 1. The maximum atomic E-state index is 11.1. The van der Waals surface area contributed by atoms with Crippen molar-refractivity contribution in [1.29, 1.82) is 0 Å². The molecule has 0 amide bonds. The standard InChI is InChI=1S/C20H22N2O/c23-12-13-5-7-18-14(11-13)6-8-19-20-16(9-10-22(18)19)15-3-1-2-4-17(15)21-20/h1-4,11-12,14,18-19,21H,5-10H2/t14-,18-,19-/m0/s1. The van der Waals surface area contributed by atoms with Crippen molar-refractivity contribution in [3.8, 4) is 0 Å². The summed E-state index contributed by atoms with van der Waals surface area (Å²) in [6.45, 7) is 1.16. The third-order valence-corrected chi connectivity index (χ3v) is 6.20. The smallest absolute Gasteiger partial charge is 0.145 e. The highest BCUT2D eigenvalue weighted by Gasteiger charge is 2.41. The Labute approximate surface area is 136 Å². The first kappa shape index (κ1) is 13.6. The number of H-pyrrole nitrogens is 1. The predicted molar refractivity (Wildman–Crippen MR) is 91.3 cm³/mol. The number of para-hydroxylation sites is 1. The molecule has 0 radical (unpaired) electrons. The molecule has 0 spiro atoms. The van der Waals surface area contributed by atoms with Crippen LogP contribution in [0.2, 0.25) is 0 Å². The molecule has 2 aliphatic heterocycles. The highest BCUT2D eigenvalue weighted by atomic mass is 16.1. The summed E-state index contributed by atoms with van der Waals surface area (Å²) in [5.41, 5.74) is 5.31. The third-order valence-electron chi connectivity index (χ3n) is 6.20. The van der Waals surface area contributed by atoms with Gasteiger partial charge in [-0.15, -0.1) is 0 Å². The van der Waals surface area contributed by atoms with Gasteiger partial charge in [-0.05, 0) is 55.2 Å². The maximum Gasteiger partial charge on any atom is 0.145 e. The number of aromatic amines is 1. The van der Waals surface area contributed by atoms with E-state index in [9.17, 15) is 4.79 Å². The van der Waals surface area contributed by atoms with E-state index in [4.69, 9.17) is 0 Å². The largest absolute Gasteiger partial charge is 0.357 e. The van der Waals surface area contributed by atoms with Crippen LogP contribution in [0.5, 0.6) is 0 Å². The molecule has 3 heterocycles. The van der Waals surface area contributed by atoms with Gasteiger partial charge in [-0.2, -0.15) is 0 Å². The fourth-order valence-electron chi connectivity index (χ4n) is 5.18. The van der Waals surface area contributed by atoms with Crippen LogP contribution >= 0.6 is 0 Å². The van der Waals surface area contributed by atoms with Crippen LogP contribution in [0.25, 0.3) is 10.9 Å². The number of benzene rings is 1. The topological polar surface area (TPSA) is 36.1 Å². The zero-order valence-electron chi connectivity index (χ0n) is 13.3. The van der Waals surface area contributed by atoms with Gasteiger partial charge in [0.15, 0.2) is 0 Å². The van der Waals surface area contributed by atoms with Crippen LogP contribution in [0.15, 0.2) is 35.9 Å². The first-order valence-electron chi connectivity index (χ1n) is 8.86. The summed E-state index contributed by atoms with van der Waals surface area (Å²) >= 11 is 0. The van der Waals surface area contributed by atoms with E-state index in [-0.39, 0.29) is 0 Å². The second-order valence-corrected chi connectivity index (χ2v) is 7.27. The normalized spacial score (nSPS) is 30.3. The monoisotopic (exact) mass is 306 g/mol. The summed E-state index contributed by atoms with van der Waals surface area (Å²) in [4.78, 5) is 17.5. The molecular formula is C20H22N2O. The minimum Gasteiger partial charge on any atom is -0.357 e. The van der Waals surface area contributed by atoms with Crippen molar-refractivity contribution in [1.82, 2.24) is 9.88 Å². The first-order valence-corrected chi connectivity index (χ1v) is 8.86. The van der Waals surface area contributed by atoms with Gasteiger partial charge in [0.2, 0.25) is 0 Å². The van der Waals surface area contributed by atoms with Crippen LogP contribution in [-0.2, 0) is 11.2 Å². The second kappa shape index (κ2) is 5.07. The number of rotatable bonds is 1. The molecule has 1 aromatic heterocycles. The van der Waals surface area contributed by atoms with Crippen LogP contribution in [0.3, 0.4) is 0 Å². The molecular weight excluding hydrogens is 284 g/mol. The van der Waals surface area contributed by atoms with Gasteiger partial charge in [-0.1, -0.05) is 24.3 Å². The zero-order chi connectivity index (χ0) is 15.4. The summed E-state index contributed by atoms with van der Waals surface area (Å²) in [6, 6.07) is 9.88. The molecule has 2 aromatic rings. The number of allylic oxidation sites excluding steroid dienone is 1. The van der Waals surface area contributed by atoms with Crippen molar-refractivity contribution in [2.45, 2.75) is 44.2 Å². The molecule has 118 valence electrons. The Bertz CT molecular complexity index is 803. The Morgan fingerprint density at radius 1 is 1.13 bits per heavy atom. The van der Waals surface area contributed by atoms with Crippen LogP contribution in [0, 0.1) is 5.92 Å². The number of hydrogen-bond donors (Lipinski definition) is 1. The lowest BCUT2D eigenvalue weighted by Gasteiger charge is -2.49. The van der Waals surface area contributed by atoms with Crippen LogP contribution in [-0.4, -0.2) is 28.8 Å². The fourth-order valence-corrected chi connectivity index (χ4v) is 5.18. The van der Waals surface area contributed by atoms with Gasteiger partial charge in [0.25, 0.3) is 0 Å². The number of fused-ring (bicyclic) bond motifs is 7. The van der Waals surface area contributed by atoms with E-state index < -0.39 is 0 Å². The first-order chi connectivity index (χ1) is 11.3. The summed E-state index contributed by atoms with van der Waals surface area (Å²) in [7, 11) is 0. The number of aromatic nitrogens is 1. The lowest BCUT2D eigenvalue weighted by Crippen LogP contribution is -2.50. The molecule has 1 N–H and O–H groups in total. The lowest BCUT2D eigenvalue weighted by molar-refractivity contribution is -0.105. The lowest BCUT2D eigenvalue weighted by atomic mass is 9.75. The molecule has 5 rings (SSSR count). The Balaban J connectivity index is 1.54. The van der Waals surface area contributed by atoms with E-state index in [0.29, 0.717) is 18.0 Å². The van der Waals surface area contributed by atoms with Gasteiger partial charge in [0.05, 0.1) is 6.04 Å². The molecule has 1 aromatic carbocycles. The summed E-state index contributed by atoms with van der Waals surface area (Å²) < 4.78 is 0. The number of carbonyl (C=O) groups excluding carboxylic acids is 1. The molecule has 3 nitrogen and oxygen atoms in total. The van der Waals surface area contributed by atoms with E-state index >= 15 is 0 Å². The zero-order valence-corrected chi connectivity index (χ0v) is 13.3. The Hall–Kier alpha value is -1.87. The van der Waals surface area contributed by atoms with Crippen LogP contribution < -0.4 is 0 Å². The van der Waals surface area contributed by atoms with Gasteiger partial charge in [0.1, 0.15) is 6.29 Å². The molecule has 3 aliphatic rings. The quantitative estimate of drug-likeness (QED) is 0.814. The number of aldehydes is 1. The molecule has 3 atom stereocenters. The van der Waals surface area contributed by atoms with Crippen molar-refractivity contribution in [3.05, 3.63) is 47.2 Å². The fraction of sp³-hybridized carbons (Fsp3) is 0.450. The number of nitrogens with zero attached hydrogens (tertiary/aromatic N) is 1. The molecule has 23 heavy (non-hydrogen) atoms. The van der Waals surface area contributed by atoms with Crippen LogP contribution in [0.4, 0.5) is 0 Å². The molecule has 0 saturated carbocycles. The molecule has 0 bridgehead atoms. The Morgan fingerprint density at radius 2 is 2.04 bits per heavy atom. The van der Waals surface area contributed by atoms with Crippen LogP contribution in [0.1, 0.15) is 43.0 Å². The average Bonchev–Trinajstić information content (AvgIpc) is 2.99. The molecule has 0 unspecified atom stereocenters. The van der Waals surface area contributed by atoms with Crippen molar-refractivity contribution >= 4 is 17.2 Å². The van der Waals surface area contributed by atoms with E-state index in [2.05, 4.69) is 40.2 Å². The van der Waals surface area contributed by atoms with Crippen molar-refractivity contribution in [3.63, 3.8) is 0 Å². The molecule has 1 fully saturated rings. The van der Waals surface area contributed by atoms with Gasteiger partial charge in [-0.3, -0.25) is 9.69 Å². The van der Waals surface area contributed by atoms with Crippen molar-refractivity contribution in [2.75, 3.05) is 6.54 Å². The minimum atomic E-state index is 0.540. The van der Waals surface area contributed by atoms with Gasteiger partial charge in [-0.25, -0.2) is 0 Å². The highest BCUT2D eigenvalue weighted by molar-refractivity contribution is 5.85. The summed E-state index contributed by atoms with van der Waals surface area (Å²) in [6.07, 6.45) is 8.96. The Kier molecular flexibility index (Phi) is 2.99. The predicted octanol–water partition coefficient (Wildman–Crippen LogP) is 3.76. The SMILES string of the molecule is O=CC1=C[C@@H]2CC[C@H]3c4[nH]c5ccccc5c4CCN3[C@H]2CC1. The van der Waals surface area contributed by atoms with Gasteiger partial charge in [0, 0.05) is 29.2 Å². The van der Waals surface area contributed by atoms with E-state index in [1.807, 2.05) is 0 Å². The van der Waals surface area contributed by atoms with E-state index in [0.717, 1.165) is 37.7 Å². The summed E-state index contributed by atoms with van der Waals surface area (Å²) in [5.74, 6) is 0.575. The maximum absolute atomic E-state index is 11.1. The van der Waals surface area contributed by atoms with Crippen molar-refractivity contribution in [2.24, 2.45) is 5.92 Å². The molecule has 3 heteroatoms. The third kappa shape index (κ3) is 1.96. The highest BCUT2D eigenvalue weighted by Crippen LogP contribution is 2.46. The average molecular weight is 306 g/mol. The number of piperidine rings is 1. The second-order valence-electron chi connectivity index (χ2n) is 7.27. The number of hydrogen-bond acceptors (Lipinski definition) is 2. The van der Waals surface area contributed by atoms with Crippen molar-refractivity contribution < 1.29 is 4.79 Å². The molecule has 1 aliphatic carbocycles. The Morgan fingerprint density at radius 3 is 2.96 bits per heavy atom. The van der Waals surface area contributed by atoms with E-state index in [1.54, 1.807) is 5.56 Å².